The van der Waals surface area contributed by atoms with E-state index in [1.807, 2.05) is 29.2 Å². The summed E-state index contributed by atoms with van der Waals surface area (Å²) in [5, 5.41) is 2.01. The zero-order valence-corrected chi connectivity index (χ0v) is 14.5. The van der Waals surface area contributed by atoms with Gasteiger partial charge in [0.1, 0.15) is 0 Å². The number of hydrogen-bond donors (Lipinski definition) is 1. The number of carbonyl (C=O) groups excluding carboxylic acids is 2. The molecule has 0 spiro atoms. The Hall–Kier alpha value is -2.08. The number of pyridine rings is 1. The lowest BCUT2D eigenvalue weighted by atomic mass is 9.96. The Morgan fingerprint density at radius 2 is 2.00 bits per heavy atom. The fourth-order valence-corrected chi connectivity index (χ4v) is 3.91. The second kappa shape index (κ2) is 7.21. The van der Waals surface area contributed by atoms with Gasteiger partial charge in [0.15, 0.2) is 0 Å². The highest BCUT2D eigenvalue weighted by Crippen LogP contribution is 2.24. The Morgan fingerprint density at radius 3 is 2.71 bits per heavy atom. The van der Waals surface area contributed by atoms with Crippen molar-refractivity contribution in [3.63, 3.8) is 0 Å². The fraction of sp³-hybridized carbons (Fsp3) is 0.389. The van der Waals surface area contributed by atoms with E-state index in [9.17, 15) is 9.59 Å². The third-order valence-corrected chi connectivity index (χ3v) is 5.39. The summed E-state index contributed by atoms with van der Waals surface area (Å²) in [6.45, 7) is 3.28. The molecule has 126 valence electrons. The van der Waals surface area contributed by atoms with Gasteiger partial charge in [-0.3, -0.25) is 9.59 Å². The number of fused-ring (bicyclic) bond motifs is 1. The van der Waals surface area contributed by atoms with Crippen molar-refractivity contribution in [1.82, 2.24) is 9.88 Å². The van der Waals surface area contributed by atoms with Gasteiger partial charge in [-0.25, -0.2) is 4.98 Å². The molecule has 6 heteroatoms. The lowest BCUT2D eigenvalue weighted by Crippen LogP contribution is -2.42. The van der Waals surface area contributed by atoms with E-state index in [2.05, 4.69) is 18.0 Å². The molecule has 1 fully saturated rings. The van der Waals surface area contributed by atoms with Crippen LogP contribution in [0, 0.1) is 12.8 Å². The molecule has 3 rings (SSSR count). The normalized spacial score (nSPS) is 15.6. The van der Waals surface area contributed by atoms with Gasteiger partial charge < -0.3 is 10.6 Å². The highest BCUT2D eigenvalue weighted by Gasteiger charge is 2.25. The number of aryl methyl sites for hydroxylation is 1. The summed E-state index contributed by atoms with van der Waals surface area (Å²) < 4.78 is 0. The lowest BCUT2D eigenvalue weighted by molar-refractivity contribution is -0.132. The van der Waals surface area contributed by atoms with Crippen molar-refractivity contribution in [2.45, 2.75) is 24.8 Å². The smallest absolute Gasteiger partial charge is 0.232 e. The van der Waals surface area contributed by atoms with E-state index in [1.54, 1.807) is 0 Å². The number of thioether (sulfide) groups is 1. The van der Waals surface area contributed by atoms with Crippen molar-refractivity contribution < 1.29 is 9.59 Å². The van der Waals surface area contributed by atoms with Crippen LogP contribution in [-0.2, 0) is 9.59 Å². The number of rotatable bonds is 4. The Bertz CT molecular complexity index is 770. The SMILES string of the molecule is Cc1cc(SCC(=O)N2CCC(C(N)=O)CC2)nc2ccccc12. The van der Waals surface area contributed by atoms with Crippen molar-refractivity contribution in [3.8, 4) is 0 Å². The largest absolute Gasteiger partial charge is 0.369 e. The molecular formula is C18H21N3O2S. The number of benzene rings is 1. The zero-order chi connectivity index (χ0) is 17.1. The third kappa shape index (κ3) is 3.70. The average molecular weight is 343 g/mol. The summed E-state index contributed by atoms with van der Waals surface area (Å²) in [4.78, 5) is 30.0. The van der Waals surface area contributed by atoms with E-state index in [4.69, 9.17) is 5.73 Å². The van der Waals surface area contributed by atoms with E-state index in [0.29, 0.717) is 31.7 Å². The topological polar surface area (TPSA) is 76.3 Å². The standard InChI is InChI=1S/C18H21N3O2S/c1-12-10-16(20-15-5-3-2-4-14(12)15)24-11-17(22)21-8-6-13(7-9-21)18(19)23/h2-5,10,13H,6-9,11H2,1H3,(H2,19,23). The van der Waals surface area contributed by atoms with Crippen LogP contribution in [-0.4, -0.2) is 40.5 Å². The highest BCUT2D eigenvalue weighted by molar-refractivity contribution is 7.99. The summed E-state index contributed by atoms with van der Waals surface area (Å²) in [6.07, 6.45) is 1.33. The number of hydrogen-bond acceptors (Lipinski definition) is 4. The quantitative estimate of drug-likeness (QED) is 0.865. The van der Waals surface area contributed by atoms with Crippen LogP contribution in [0.2, 0.25) is 0 Å². The van der Waals surface area contributed by atoms with Gasteiger partial charge in [0.05, 0.1) is 16.3 Å². The van der Waals surface area contributed by atoms with Gasteiger partial charge in [0.25, 0.3) is 0 Å². The average Bonchev–Trinajstić information content (AvgIpc) is 2.60. The summed E-state index contributed by atoms with van der Waals surface area (Å²) in [5.74, 6) is 0.112. The number of aromatic nitrogens is 1. The van der Waals surface area contributed by atoms with Crippen LogP contribution < -0.4 is 5.73 Å². The second-order valence-electron chi connectivity index (χ2n) is 6.14. The molecule has 2 N–H and O–H groups in total. The fourth-order valence-electron chi connectivity index (χ4n) is 3.03. The first-order valence-corrected chi connectivity index (χ1v) is 9.09. The number of nitrogens with zero attached hydrogens (tertiary/aromatic N) is 2. The first kappa shape index (κ1) is 16.8. The minimum absolute atomic E-state index is 0.0912. The lowest BCUT2D eigenvalue weighted by Gasteiger charge is -2.30. The molecular weight excluding hydrogens is 322 g/mol. The molecule has 0 saturated carbocycles. The van der Waals surface area contributed by atoms with Crippen LogP contribution in [0.15, 0.2) is 35.4 Å². The molecule has 5 nitrogen and oxygen atoms in total. The second-order valence-corrected chi connectivity index (χ2v) is 7.14. The van der Waals surface area contributed by atoms with Crippen LogP contribution >= 0.6 is 11.8 Å². The number of nitrogens with two attached hydrogens (primary N) is 1. The number of piperidine rings is 1. The maximum atomic E-state index is 12.4. The Balaban J connectivity index is 1.60. The Morgan fingerprint density at radius 1 is 1.29 bits per heavy atom. The molecule has 2 aromatic rings. The van der Waals surface area contributed by atoms with Gasteiger partial charge in [-0.15, -0.1) is 0 Å². The van der Waals surface area contributed by atoms with Gasteiger partial charge >= 0.3 is 0 Å². The predicted octanol–water partition coefficient (Wildman–Crippen LogP) is 2.36. The van der Waals surface area contributed by atoms with Gasteiger partial charge in [-0.1, -0.05) is 30.0 Å². The molecule has 0 bridgehead atoms. The molecule has 24 heavy (non-hydrogen) atoms. The van der Waals surface area contributed by atoms with Gasteiger partial charge in [0, 0.05) is 24.4 Å². The summed E-state index contributed by atoms with van der Waals surface area (Å²) in [5.41, 5.74) is 7.45. The van der Waals surface area contributed by atoms with Crippen molar-refractivity contribution in [3.05, 3.63) is 35.9 Å². The van der Waals surface area contributed by atoms with Crippen molar-refractivity contribution in [2.24, 2.45) is 11.7 Å². The molecule has 1 aromatic carbocycles. The van der Waals surface area contributed by atoms with Crippen LogP contribution in [0.25, 0.3) is 10.9 Å². The van der Waals surface area contributed by atoms with E-state index < -0.39 is 0 Å². The maximum Gasteiger partial charge on any atom is 0.232 e. The first-order chi connectivity index (χ1) is 11.5. The summed E-state index contributed by atoms with van der Waals surface area (Å²) >= 11 is 1.46. The van der Waals surface area contributed by atoms with Crippen LogP contribution in [0.4, 0.5) is 0 Å². The van der Waals surface area contributed by atoms with Crippen molar-refractivity contribution >= 4 is 34.5 Å². The molecule has 1 aliphatic rings. The minimum atomic E-state index is -0.257. The van der Waals surface area contributed by atoms with Gasteiger partial charge in [-0.05, 0) is 37.5 Å². The van der Waals surface area contributed by atoms with Crippen LogP contribution in [0.1, 0.15) is 18.4 Å². The first-order valence-electron chi connectivity index (χ1n) is 8.11. The number of carbonyl (C=O) groups is 2. The third-order valence-electron chi connectivity index (χ3n) is 4.49. The zero-order valence-electron chi connectivity index (χ0n) is 13.7. The van der Waals surface area contributed by atoms with Crippen LogP contribution in [0.5, 0.6) is 0 Å². The molecule has 0 radical (unpaired) electrons. The van der Waals surface area contributed by atoms with Gasteiger partial charge in [0.2, 0.25) is 11.8 Å². The molecule has 1 aliphatic heterocycles. The number of amides is 2. The Kier molecular flexibility index (Phi) is 5.04. The highest BCUT2D eigenvalue weighted by atomic mass is 32.2. The number of primary amides is 1. The molecule has 0 atom stereocenters. The molecule has 2 amide bonds. The number of para-hydroxylation sites is 1. The molecule has 1 aromatic heterocycles. The minimum Gasteiger partial charge on any atom is -0.369 e. The van der Waals surface area contributed by atoms with E-state index in [-0.39, 0.29) is 17.7 Å². The van der Waals surface area contributed by atoms with Crippen molar-refractivity contribution in [1.29, 1.82) is 0 Å². The van der Waals surface area contributed by atoms with E-state index in [1.165, 1.54) is 11.8 Å². The molecule has 1 saturated heterocycles. The maximum absolute atomic E-state index is 12.4. The van der Waals surface area contributed by atoms with Crippen LogP contribution in [0.3, 0.4) is 0 Å². The van der Waals surface area contributed by atoms with E-state index >= 15 is 0 Å². The van der Waals surface area contributed by atoms with E-state index in [0.717, 1.165) is 21.5 Å². The molecule has 0 aliphatic carbocycles. The van der Waals surface area contributed by atoms with Crippen molar-refractivity contribution in [2.75, 3.05) is 18.8 Å². The monoisotopic (exact) mass is 343 g/mol. The summed E-state index contributed by atoms with van der Waals surface area (Å²) in [6, 6.07) is 10.0. The van der Waals surface area contributed by atoms with Gasteiger partial charge in [-0.2, -0.15) is 0 Å². The molecule has 0 unspecified atom stereocenters. The predicted molar refractivity (Wildman–Crippen MR) is 95.7 cm³/mol. The summed E-state index contributed by atoms with van der Waals surface area (Å²) in [7, 11) is 0. The molecule has 2 heterocycles. The Labute approximate surface area is 145 Å². The number of likely N-dealkylation sites (tertiary alicyclic amines) is 1.